The number of benzene rings is 3. The number of anilines is 1. The highest BCUT2D eigenvalue weighted by molar-refractivity contribution is 5.99. The molecule has 0 aliphatic carbocycles. The fourth-order valence-electron chi connectivity index (χ4n) is 2.20. The van der Waals surface area contributed by atoms with E-state index in [0.717, 1.165) is 17.0 Å². The van der Waals surface area contributed by atoms with Crippen LogP contribution >= 0.6 is 0 Å². The van der Waals surface area contributed by atoms with Gasteiger partial charge in [0.15, 0.2) is 0 Å². The number of hydrazone groups is 1. The molecule has 0 aliphatic heterocycles. The first kappa shape index (κ1) is 13.2. The minimum Gasteiger partial charge on any atom is -0.497 e. The Labute approximate surface area is 123 Å². The van der Waals surface area contributed by atoms with Crippen molar-refractivity contribution >= 4 is 22.7 Å². The molecule has 0 atom stereocenters. The van der Waals surface area contributed by atoms with Gasteiger partial charge in [-0.2, -0.15) is 5.10 Å². The molecular formula is C18H16N2O. The fraction of sp³-hybridized carbons (Fsp3) is 0.0556. The number of hydrogen-bond acceptors (Lipinski definition) is 3. The van der Waals surface area contributed by atoms with E-state index in [1.165, 1.54) is 10.8 Å². The quantitative estimate of drug-likeness (QED) is 0.569. The largest absolute Gasteiger partial charge is 0.497 e. The van der Waals surface area contributed by atoms with Crippen molar-refractivity contribution in [1.82, 2.24) is 0 Å². The summed E-state index contributed by atoms with van der Waals surface area (Å²) >= 11 is 0. The van der Waals surface area contributed by atoms with E-state index < -0.39 is 0 Å². The van der Waals surface area contributed by atoms with Crippen LogP contribution in [0.4, 0.5) is 5.69 Å². The van der Waals surface area contributed by atoms with Gasteiger partial charge in [0.1, 0.15) is 5.75 Å². The summed E-state index contributed by atoms with van der Waals surface area (Å²) in [5.74, 6) is 0.832. The van der Waals surface area contributed by atoms with Crippen molar-refractivity contribution in [3.63, 3.8) is 0 Å². The minimum absolute atomic E-state index is 0.832. The number of nitrogens with zero attached hydrogens (tertiary/aromatic N) is 1. The molecule has 3 rings (SSSR count). The van der Waals surface area contributed by atoms with Gasteiger partial charge in [0.2, 0.25) is 0 Å². The first-order valence-corrected chi connectivity index (χ1v) is 6.78. The van der Waals surface area contributed by atoms with Crippen LogP contribution in [0.3, 0.4) is 0 Å². The minimum atomic E-state index is 0.832. The number of rotatable bonds is 4. The first-order chi connectivity index (χ1) is 10.4. The molecule has 0 heterocycles. The average molecular weight is 276 g/mol. The molecule has 0 amide bonds. The summed E-state index contributed by atoms with van der Waals surface area (Å²) in [5, 5.41) is 6.71. The van der Waals surface area contributed by atoms with Crippen molar-refractivity contribution in [3.8, 4) is 5.75 Å². The zero-order valence-electron chi connectivity index (χ0n) is 11.8. The maximum absolute atomic E-state index is 5.12. The second-order valence-corrected chi connectivity index (χ2v) is 4.67. The lowest BCUT2D eigenvalue weighted by Gasteiger charge is -2.03. The molecule has 0 saturated heterocycles. The van der Waals surface area contributed by atoms with Crippen molar-refractivity contribution < 1.29 is 4.74 Å². The van der Waals surface area contributed by atoms with Gasteiger partial charge >= 0.3 is 0 Å². The molecule has 3 heteroatoms. The second kappa shape index (κ2) is 6.09. The van der Waals surface area contributed by atoms with Crippen LogP contribution in [0.1, 0.15) is 5.56 Å². The van der Waals surface area contributed by atoms with Crippen molar-refractivity contribution in [2.45, 2.75) is 0 Å². The third kappa shape index (κ3) is 3.03. The summed E-state index contributed by atoms with van der Waals surface area (Å²) in [5.41, 5.74) is 5.04. The smallest absolute Gasteiger partial charge is 0.119 e. The van der Waals surface area contributed by atoms with Crippen LogP contribution in [0.2, 0.25) is 0 Å². The van der Waals surface area contributed by atoms with Gasteiger partial charge in [-0.1, -0.05) is 42.5 Å². The Morgan fingerprint density at radius 3 is 2.48 bits per heavy atom. The number of hydrogen-bond donors (Lipinski definition) is 1. The van der Waals surface area contributed by atoms with Crippen LogP contribution in [-0.2, 0) is 0 Å². The van der Waals surface area contributed by atoms with Gasteiger partial charge in [-0.25, -0.2) is 0 Å². The maximum atomic E-state index is 5.12. The van der Waals surface area contributed by atoms with Gasteiger partial charge in [0.05, 0.1) is 19.0 Å². The summed E-state index contributed by atoms with van der Waals surface area (Å²) in [6, 6.07) is 22.1. The van der Waals surface area contributed by atoms with Crippen LogP contribution in [0.25, 0.3) is 10.8 Å². The molecule has 21 heavy (non-hydrogen) atoms. The molecular weight excluding hydrogens is 260 g/mol. The summed E-state index contributed by atoms with van der Waals surface area (Å²) < 4.78 is 5.12. The summed E-state index contributed by atoms with van der Waals surface area (Å²) in [6.07, 6.45) is 1.84. The molecule has 0 radical (unpaired) electrons. The third-order valence-corrected chi connectivity index (χ3v) is 3.31. The van der Waals surface area contributed by atoms with Gasteiger partial charge < -0.3 is 4.74 Å². The highest BCUT2D eigenvalue weighted by Crippen LogP contribution is 2.17. The van der Waals surface area contributed by atoms with E-state index in [2.05, 4.69) is 34.8 Å². The molecule has 3 nitrogen and oxygen atoms in total. The third-order valence-electron chi connectivity index (χ3n) is 3.31. The van der Waals surface area contributed by atoms with Gasteiger partial charge in [0.25, 0.3) is 0 Å². The van der Waals surface area contributed by atoms with Crippen LogP contribution < -0.4 is 10.2 Å². The van der Waals surface area contributed by atoms with Crippen LogP contribution in [-0.4, -0.2) is 13.3 Å². The fourth-order valence-corrected chi connectivity index (χ4v) is 2.20. The van der Waals surface area contributed by atoms with Crippen molar-refractivity contribution in [2.24, 2.45) is 5.10 Å². The standard InChI is InChI=1S/C18H16N2O/c1-21-17-11-9-16(10-12-17)20-19-13-15-7-4-6-14-5-2-3-8-18(14)15/h2-13,20H,1H3/b19-13+. The first-order valence-electron chi connectivity index (χ1n) is 6.78. The van der Waals surface area contributed by atoms with E-state index in [0.29, 0.717) is 0 Å². The Kier molecular flexibility index (Phi) is 3.83. The second-order valence-electron chi connectivity index (χ2n) is 4.67. The van der Waals surface area contributed by atoms with E-state index in [-0.39, 0.29) is 0 Å². The maximum Gasteiger partial charge on any atom is 0.119 e. The summed E-state index contributed by atoms with van der Waals surface area (Å²) in [4.78, 5) is 0. The summed E-state index contributed by atoms with van der Waals surface area (Å²) in [7, 11) is 1.65. The highest BCUT2D eigenvalue weighted by Gasteiger charge is 1.97. The lowest BCUT2D eigenvalue weighted by atomic mass is 10.1. The molecule has 104 valence electrons. The van der Waals surface area contributed by atoms with Crippen molar-refractivity contribution in [1.29, 1.82) is 0 Å². The molecule has 3 aromatic rings. The van der Waals surface area contributed by atoms with Crippen LogP contribution in [0, 0.1) is 0 Å². The Morgan fingerprint density at radius 2 is 1.67 bits per heavy atom. The predicted molar refractivity (Wildman–Crippen MR) is 88.2 cm³/mol. The number of methoxy groups -OCH3 is 1. The monoisotopic (exact) mass is 276 g/mol. The van der Waals surface area contributed by atoms with Gasteiger partial charge in [-0.15, -0.1) is 0 Å². The lowest BCUT2D eigenvalue weighted by Crippen LogP contribution is -1.91. The average Bonchev–Trinajstić information content (AvgIpc) is 2.56. The predicted octanol–water partition coefficient (Wildman–Crippen LogP) is 4.29. The molecule has 0 saturated carbocycles. The molecule has 0 spiro atoms. The normalized spacial score (nSPS) is 10.9. The molecule has 0 unspecified atom stereocenters. The van der Waals surface area contributed by atoms with Crippen LogP contribution in [0.5, 0.6) is 5.75 Å². The van der Waals surface area contributed by atoms with Gasteiger partial charge in [-0.3, -0.25) is 5.43 Å². The molecule has 0 fully saturated rings. The Balaban J connectivity index is 1.78. The van der Waals surface area contributed by atoms with E-state index in [4.69, 9.17) is 4.74 Å². The highest BCUT2D eigenvalue weighted by atomic mass is 16.5. The van der Waals surface area contributed by atoms with Gasteiger partial charge in [0, 0.05) is 5.56 Å². The Bertz CT molecular complexity index is 758. The summed E-state index contributed by atoms with van der Waals surface area (Å²) in [6.45, 7) is 0. The van der Waals surface area contributed by atoms with E-state index in [1.807, 2.05) is 48.7 Å². The molecule has 1 N–H and O–H groups in total. The van der Waals surface area contributed by atoms with E-state index in [9.17, 15) is 0 Å². The Hall–Kier alpha value is -2.81. The zero-order valence-corrected chi connectivity index (χ0v) is 11.8. The number of ether oxygens (including phenoxy) is 1. The van der Waals surface area contributed by atoms with E-state index >= 15 is 0 Å². The molecule has 0 aliphatic rings. The number of nitrogens with one attached hydrogen (secondary N) is 1. The SMILES string of the molecule is COc1ccc(N/N=C/c2cccc3ccccc23)cc1. The lowest BCUT2D eigenvalue weighted by molar-refractivity contribution is 0.415. The van der Waals surface area contributed by atoms with Crippen molar-refractivity contribution in [3.05, 3.63) is 72.3 Å². The molecule has 0 aromatic heterocycles. The zero-order chi connectivity index (χ0) is 14.5. The Morgan fingerprint density at radius 1 is 0.905 bits per heavy atom. The van der Waals surface area contributed by atoms with Crippen molar-refractivity contribution in [2.75, 3.05) is 12.5 Å². The molecule has 0 bridgehead atoms. The van der Waals surface area contributed by atoms with E-state index in [1.54, 1.807) is 7.11 Å². The molecule has 3 aromatic carbocycles. The topological polar surface area (TPSA) is 33.6 Å². The van der Waals surface area contributed by atoms with Crippen LogP contribution in [0.15, 0.2) is 71.8 Å². The van der Waals surface area contributed by atoms with Gasteiger partial charge in [-0.05, 0) is 35.0 Å². The number of fused-ring (bicyclic) bond motifs is 1.